The average molecular weight is 512 g/mol. The number of hydrogen-bond acceptors (Lipinski definition) is 4. The van der Waals surface area contributed by atoms with Gasteiger partial charge in [-0.05, 0) is 87.3 Å². The van der Waals surface area contributed by atoms with E-state index < -0.39 is 10.0 Å². The molecule has 8 heteroatoms. The summed E-state index contributed by atoms with van der Waals surface area (Å²) in [7, 11) is -3.77. The summed E-state index contributed by atoms with van der Waals surface area (Å²) in [4.78, 5) is 15.3. The molecule has 0 aromatic heterocycles. The molecular weight excluding hydrogens is 482 g/mol. The monoisotopic (exact) mass is 511 g/mol. The fourth-order valence-electron chi connectivity index (χ4n) is 4.25. The number of rotatable bonds is 7. The van der Waals surface area contributed by atoms with Gasteiger partial charge in [0.25, 0.3) is 10.0 Å². The van der Waals surface area contributed by atoms with E-state index in [0.717, 1.165) is 38.0 Å². The number of aryl methyl sites for hydroxylation is 2. The van der Waals surface area contributed by atoms with Crippen molar-refractivity contribution in [2.75, 3.05) is 23.1 Å². The van der Waals surface area contributed by atoms with E-state index >= 15 is 0 Å². The molecule has 0 atom stereocenters. The first-order valence-electron chi connectivity index (χ1n) is 11.7. The Bertz CT molecular complexity index is 1300. The van der Waals surface area contributed by atoms with Crippen molar-refractivity contribution in [1.82, 2.24) is 4.90 Å². The van der Waals surface area contributed by atoms with Gasteiger partial charge in [0.05, 0.1) is 10.6 Å². The van der Waals surface area contributed by atoms with Crippen molar-refractivity contribution in [2.45, 2.75) is 38.1 Å². The maximum absolute atomic E-state index is 12.8. The number of nitrogens with one attached hydrogen (secondary N) is 2. The van der Waals surface area contributed by atoms with Crippen LogP contribution in [0.1, 0.15) is 29.5 Å². The molecule has 35 heavy (non-hydrogen) atoms. The van der Waals surface area contributed by atoms with Crippen LogP contribution in [0, 0.1) is 19.8 Å². The van der Waals surface area contributed by atoms with Crippen LogP contribution in [0.4, 0.5) is 11.4 Å². The second-order valence-corrected chi connectivity index (χ2v) is 11.2. The Hall–Kier alpha value is -2.87. The Morgan fingerprint density at radius 2 is 1.66 bits per heavy atom. The summed E-state index contributed by atoms with van der Waals surface area (Å²) in [5.74, 6) is -0.0802. The predicted octanol–water partition coefficient (Wildman–Crippen LogP) is 5.61. The number of anilines is 2. The first-order valence-corrected chi connectivity index (χ1v) is 13.5. The number of benzene rings is 3. The summed E-state index contributed by atoms with van der Waals surface area (Å²) in [5, 5.41) is 3.43. The first kappa shape index (κ1) is 25.2. The van der Waals surface area contributed by atoms with Crippen molar-refractivity contribution in [2.24, 2.45) is 5.92 Å². The van der Waals surface area contributed by atoms with Gasteiger partial charge in [0.2, 0.25) is 5.91 Å². The number of amides is 1. The number of piperidine rings is 1. The molecule has 0 spiro atoms. The predicted molar refractivity (Wildman–Crippen MR) is 141 cm³/mol. The molecule has 4 rings (SSSR count). The molecule has 0 radical (unpaired) electrons. The fraction of sp³-hybridized carbons (Fsp3) is 0.296. The van der Waals surface area contributed by atoms with Gasteiger partial charge in [-0.15, -0.1) is 0 Å². The molecule has 0 aliphatic carbocycles. The number of nitrogens with zero attached hydrogens (tertiary/aromatic N) is 1. The Morgan fingerprint density at radius 1 is 0.971 bits per heavy atom. The lowest BCUT2D eigenvalue weighted by Gasteiger charge is -2.31. The molecule has 6 nitrogen and oxygen atoms in total. The maximum atomic E-state index is 12.8. The van der Waals surface area contributed by atoms with E-state index in [0.29, 0.717) is 16.4 Å². The number of likely N-dealkylation sites (tertiary alicyclic amines) is 1. The highest BCUT2D eigenvalue weighted by atomic mass is 35.5. The molecule has 1 aliphatic heterocycles. The van der Waals surface area contributed by atoms with Crippen LogP contribution in [-0.4, -0.2) is 32.3 Å². The molecule has 3 aromatic carbocycles. The lowest BCUT2D eigenvalue weighted by Crippen LogP contribution is -2.37. The van der Waals surface area contributed by atoms with Crippen LogP contribution in [0.15, 0.2) is 71.6 Å². The van der Waals surface area contributed by atoms with Gasteiger partial charge in [-0.3, -0.25) is 14.4 Å². The largest absolute Gasteiger partial charge is 0.326 e. The molecule has 3 aromatic rings. The van der Waals surface area contributed by atoms with Gasteiger partial charge >= 0.3 is 0 Å². The highest BCUT2D eigenvalue weighted by Gasteiger charge is 2.25. The summed E-state index contributed by atoms with van der Waals surface area (Å²) >= 11 is 6.09. The Kier molecular flexibility index (Phi) is 7.79. The van der Waals surface area contributed by atoms with Gasteiger partial charge < -0.3 is 5.32 Å². The van der Waals surface area contributed by atoms with Crippen molar-refractivity contribution in [3.8, 4) is 0 Å². The molecule has 1 saturated heterocycles. The number of hydrogen-bond donors (Lipinski definition) is 2. The van der Waals surface area contributed by atoms with Crippen LogP contribution in [0.2, 0.25) is 5.02 Å². The maximum Gasteiger partial charge on any atom is 0.261 e. The van der Waals surface area contributed by atoms with Gasteiger partial charge in [-0.1, -0.05) is 47.5 Å². The van der Waals surface area contributed by atoms with Crippen LogP contribution in [-0.2, 0) is 21.4 Å². The average Bonchev–Trinajstić information content (AvgIpc) is 2.82. The first-order chi connectivity index (χ1) is 16.7. The highest BCUT2D eigenvalue weighted by molar-refractivity contribution is 7.92. The zero-order chi connectivity index (χ0) is 25.0. The molecule has 1 aliphatic rings. The second-order valence-electron chi connectivity index (χ2n) is 9.12. The molecule has 184 valence electrons. The Labute approximate surface area is 212 Å². The van der Waals surface area contributed by atoms with Crippen molar-refractivity contribution in [3.63, 3.8) is 0 Å². The molecule has 1 fully saturated rings. The van der Waals surface area contributed by atoms with Gasteiger partial charge in [0.1, 0.15) is 0 Å². The van der Waals surface area contributed by atoms with Crippen molar-refractivity contribution in [3.05, 3.63) is 88.4 Å². The van der Waals surface area contributed by atoms with Crippen molar-refractivity contribution < 1.29 is 13.2 Å². The minimum absolute atomic E-state index is 0.0248. The molecule has 0 saturated carbocycles. The normalized spacial score (nSPS) is 15.1. The Morgan fingerprint density at radius 3 is 2.31 bits per heavy atom. The fourth-order valence-corrected chi connectivity index (χ4v) is 5.48. The summed E-state index contributed by atoms with van der Waals surface area (Å²) < 4.78 is 28.0. The van der Waals surface area contributed by atoms with E-state index in [1.807, 2.05) is 6.92 Å². The number of carbonyl (C=O) groups is 1. The summed E-state index contributed by atoms with van der Waals surface area (Å²) in [6.45, 7) is 6.59. The molecular formula is C27H30ClN3O3S. The molecule has 0 bridgehead atoms. The minimum Gasteiger partial charge on any atom is -0.326 e. The van der Waals surface area contributed by atoms with Gasteiger partial charge in [0.15, 0.2) is 0 Å². The third-order valence-electron chi connectivity index (χ3n) is 6.30. The van der Waals surface area contributed by atoms with Gasteiger partial charge in [-0.25, -0.2) is 8.42 Å². The van der Waals surface area contributed by atoms with Crippen LogP contribution < -0.4 is 10.0 Å². The molecule has 2 N–H and O–H groups in total. The standard InChI is InChI=1S/C27H30ClN3O3S/c1-19-4-3-5-21(16-19)18-31-14-12-22(13-15-31)27(32)29-23-8-10-25(11-9-23)35(33,34)30-24-7-6-20(2)26(28)17-24/h3-11,16-17,22,30H,12-15,18H2,1-2H3,(H,29,32). The summed E-state index contributed by atoms with van der Waals surface area (Å²) in [6.07, 6.45) is 1.60. The lowest BCUT2D eigenvalue weighted by atomic mass is 9.95. The SMILES string of the molecule is Cc1cccc(CN2CCC(C(=O)Nc3ccc(S(=O)(=O)Nc4ccc(C)c(Cl)c4)cc3)CC2)c1. The van der Waals surface area contributed by atoms with Crippen molar-refractivity contribution >= 4 is 38.9 Å². The van der Waals surface area contributed by atoms with Crippen LogP contribution in [0.25, 0.3) is 0 Å². The molecule has 1 heterocycles. The topological polar surface area (TPSA) is 78.5 Å². The van der Waals surface area contributed by atoms with Gasteiger partial charge in [0, 0.05) is 23.2 Å². The minimum atomic E-state index is -3.77. The van der Waals surface area contributed by atoms with E-state index in [1.54, 1.807) is 30.3 Å². The van der Waals surface area contributed by atoms with Crippen LogP contribution >= 0.6 is 11.6 Å². The van der Waals surface area contributed by atoms with Crippen LogP contribution in [0.3, 0.4) is 0 Å². The number of halogens is 1. The second kappa shape index (κ2) is 10.8. The Balaban J connectivity index is 1.30. The van der Waals surface area contributed by atoms with Crippen LogP contribution in [0.5, 0.6) is 0 Å². The summed E-state index contributed by atoms with van der Waals surface area (Å²) in [6, 6.07) is 19.7. The zero-order valence-corrected chi connectivity index (χ0v) is 21.5. The lowest BCUT2D eigenvalue weighted by molar-refractivity contribution is -0.121. The van der Waals surface area contributed by atoms with E-state index in [1.165, 1.54) is 23.3 Å². The zero-order valence-electron chi connectivity index (χ0n) is 19.9. The smallest absolute Gasteiger partial charge is 0.261 e. The number of carbonyl (C=O) groups excluding carboxylic acids is 1. The van der Waals surface area contributed by atoms with Gasteiger partial charge in [-0.2, -0.15) is 0 Å². The van der Waals surface area contributed by atoms with E-state index in [2.05, 4.69) is 46.1 Å². The molecule has 1 amide bonds. The summed E-state index contributed by atoms with van der Waals surface area (Å²) in [5.41, 5.74) is 4.39. The van der Waals surface area contributed by atoms with E-state index in [4.69, 9.17) is 11.6 Å². The quantitative estimate of drug-likeness (QED) is 0.432. The van der Waals surface area contributed by atoms with E-state index in [-0.39, 0.29) is 16.7 Å². The van der Waals surface area contributed by atoms with Crippen molar-refractivity contribution in [1.29, 1.82) is 0 Å². The number of sulfonamides is 1. The highest BCUT2D eigenvalue weighted by Crippen LogP contribution is 2.24. The van der Waals surface area contributed by atoms with E-state index in [9.17, 15) is 13.2 Å². The molecule has 0 unspecified atom stereocenters. The third kappa shape index (κ3) is 6.63. The third-order valence-corrected chi connectivity index (χ3v) is 8.11.